The van der Waals surface area contributed by atoms with Crippen LogP contribution in [0.2, 0.25) is 0 Å². The largest absolute Gasteiger partial charge is 0.334 e. The predicted octanol–water partition coefficient (Wildman–Crippen LogP) is 2.81. The standard InChI is InChI=1S/C17H26N4/c1-20-11-9-14-6-7-15(12-20)21(14)17-18-10-8-16(19-17)13-4-2-3-5-13/h8,10,13-15H,2-7,9,11-12H2,1H3/t14-,15+/m1/s1. The molecule has 0 aromatic carbocycles. The molecule has 4 nitrogen and oxygen atoms in total. The monoisotopic (exact) mass is 286 g/mol. The van der Waals surface area contributed by atoms with E-state index in [0.29, 0.717) is 18.0 Å². The second kappa shape index (κ2) is 5.56. The molecular formula is C17H26N4. The zero-order valence-electron chi connectivity index (χ0n) is 13.0. The van der Waals surface area contributed by atoms with Gasteiger partial charge in [-0.05, 0) is 51.8 Å². The molecule has 1 aromatic rings. The smallest absolute Gasteiger partial charge is 0.226 e. The molecule has 0 radical (unpaired) electrons. The van der Waals surface area contributed by atoms with E-state index in [0.717, 1.165) is 12.5 Å². The van der Waals surface area contributed by atoms with Crippen LogP contribution in [0.25, 0.3) is 0 Å². The molecule has 3 fully saturated rings. The number of hydrogen-bond acceptors (Lipinski definition) is 4. The van der Waals surface area contributed by atoms with Gasteiger partial charge in [-0.25, -0.2) is 9.97 Å². The van der Waals surface area contributed by atoms with Crippen molar-refractivity contribution in [1.82, 2.24) is 14.9 Å². The van der Waals surface area contributed by atoms with Gasteiger partial charge in [-0.2, -0.15) is 0 Å². The maximum absolute atomic E-state index is 4.98. The molecule has 0 N–H and O–H groups in total. The Bertz CT molecular complexity index is 497. The normalized spacial score (nSPS) is 30.8. The van der Waals surface area contributed by atoms with Gasteiger partial charge < -0.3 is 9.80 Å². The molecule has 1 saturated carbocycles. The minimum atomic E-state index is 0.612. The van der Waals surface area contributed by atoms with E-state index < -0.39 is 0 Å². The van der Waals surface area contributed by atoms with Crippen LogP contribution in [0, 0.1) is 0 Å². The molecule has 3 aliphatic rings. The van der Waals surface area contributed by atoms with Crippen LogP contribution < -0.4 is 4.90 Å². The third-order valence-electron chi connectivity index (χ3n) is 5.66. The average molecular weight is 286 g/mol. The summed E-state index contributed by atoms with van der Waals surface area (Å²) in [6.45, 7) is 2.37. The van der Waals surface area contributed by atoms with Crippen LogP contribution in [0.5, 0.6) is 0 Å². The van der Waals surface area contributed by atoms with E-state index in [1.54, 1.807) is 0 Å². The maximum atomic E-state index is 4.98. The molecule has 2 saturated heterocycles. The summed E-state index contributed by atoms with van der Waals surface area (Å²) in [5, 5.41) is 0. The quantitative estimate of drug-likeness (QED) is 0.837. The van der Waals surface area contributed by atoms with Crippen molar-refractivity contribution < 1.29 is 0 Å². The number of fused-ring (bicyclic) bond motifs is 2. The van der Waals surface area contributed by atoms with Crippen molar-refractivity contribution in [2.24, 2.45) is 0 Å². The van der Waals surface area contributed by atoms with Crippen LogP contribution in [0.1, 0.15) is 56.6 Å². The second-order valence-electron chi connectivity index (χ2n) is 7.11. The number of anilines is 1. The first-order valence-corrected chi connectivity index (χ1v) is 8.61. The summed E-state index contributed by atoms with van der Waals surface area (Å²) in [6, 6.07) is 3.41. The van der Waals surface area contributed by atoms with Crippen LogP contribution in [-0.4, -0.2) is 47.1 Å². The summed E-state index contributed by atoms with van der Waals surface area (Å²) in [7, 11) is 2.24. The fraction of sp³-hybridized carbons (Fsp3) is 0.765. The van der Waals surface area contributed by atoms with E-state index in [1.165, 1.54) is 57.2 Å². The maximum Gasteiger partial charge on any atom is 0.226 e. The van der Waals surface area contributed by atoms with Crippen LogP contribution in [-0.2, 0) is 0 Å². The first-order valence-electron chi connectivity index (χ1n) is 8.61. The van der Waals surface area contributed by atoms with Gasteiger partial charge in [-0.3, -0.25) is 0 Å². The molecule has 2 aliphatic heterocycles. The molecule has 21 heavy (non-hydrogen) atoms. The minimum absolute atomic E-state index is 0.612. The Morgan fingerprint density at radius 1 is 1.05 bits per heavy atom. The first-order chi connectivity index (χ1) is 10.3. The zero-order valence-corrected chi connectivity index (χ0v) is 13.0. The lowest BCUT2D eigenvalue weighted by atomic mass is 10.0. The van der Waals surface area contributed by atoms with Gasteiger partial charge in [0.25, 0.3) is 0 Å². The van der Waals surface area contributed by atoms with E-state index in [-0.39, 0.29) is 0 Å². The third-order valence-corrected chi connectivity index (χ3v) is 5.66. The Morgan fingerprint density at radius 2 is 1.86 bits per heavy atom. The summed E-state index contributed by atoms with van der Waals surface area (Å²) in [6.07, 6.45) is 11.2. The number of rotatable bonds is 2. The van der Waals surface area contributed by atoms with Crippen molar-refractivity contribution >= 4 is 5.95 Å². The summed E-state index contributed by atoms with van der Waals surface area (Å²) >= 11 is 0. The lowest BCUT2D eigenvalue weighted by molar-refractivity contribution is 0.315. The molecule has 2 bridgehead atoms. The highest BCUT2D eigenvalue weighted by molar-refractivity contribution is 5.37. The van der Waals surface area contributed by atoms with Gasteiger partial charge in [0, 0.05) is 36.4 Å². The SMILES string of the molecule is CN1CC[C@H]2CC[C@@H](C1)N2c1nccc(C2CCCC2)n1. The molecule has 4 rings (SSSR count). The summed E-state index contributed by atoms with van der Waals surface area (Å²) in [5.41, 5.74) is 1.29. The van der Waals surface area contributed by atoms with Crippen molar-refractivity contribution in [3.8, 4) is 0 Å². The molecule has 4 heteroatoms. The van der Waals surface area contributed by atoms with E-state index in [1.807, 2.05) is 6.20 Å². The molecule has 3 heterocycles. The van der Waals surface area contributed by atoms with Gasteiger partial charge in [0.2, 0.25) is 5.95 Å². The lowest BCUT2D eigenvalue weighted by Gasteiger charge is -2.28. The molecular weight excluding hydrogens is 260 g/mol. The average Bonchev–Trinajstić information content (AvgIpc) is 3.11. The van der Waals surface area contributed by atoms with Crippen molar-refractivity contribution in [2.75, 3.05) is 25.0 Å². The molecule has 1 aromatic heterocycles. The third kappa shape index (κ3) is 2.54. The van der Waals surface area contributed by atoms with E-state index in [2.05, 4.69) is 27.9 Å². The number of aromatic nitrogens is 2. The highest BCUT2D eigenvalue weighted by Gasteiger charge is 2.38. The number of hydrogen-bond donors (Lipinski definition) is 0. The van der Waals surface area contributed by atoms with Crippen LogP contribution in [0.4, 0.5) is 5.95 Å². The molecule has 114 valence electrons. The first kappa shape index (κ1) is 13.5. The number of likely N-dealkylation sites (N-methyl/N-ethyl adjacent to an activating group) is 1. The fourth-order valence-corrected chi connectivity index (χ4v) is 4.51. The Kier molecular flexibility index (Phi) is 3.57. The topological polar surface area (TPSA) is 32.3 Å². The highest BCUT2D eigenvalue weighted by atomic mass is 15.3. The molecule has 0 amide bonds. The summed E-state index contributed by atoms with van der Waals surface area (Å²) in [5.74, 6) is 1.68. The van der Waals surface area contributed by atoms with Gasteiger partial charge >= 0.3 is 0 Å². The lowest BCUT2D eigenvalue weighted by Crippen LogP contribution is -2.39. The van der Waals surface area contributed by atoms with Gasteiger partial charge in [0.15, 0.2) is 0 Å². The van der Waals surface area contributed by atoms with Crippen LogP contribution >= 0.6 is 0 Å². The summed E-state index contributed by atoms with van der Waals surface area (Å²) in [4.78, 5) is 14.6. The predicted molar refractivity (Wildman–Crippen MR) is 84.6 cm³/mol. The van der Waals surface area contributed by atoms with Gasteiger partial charge in [0.1, 0.15) is 0 Å². The van der Waals surface area contributed by atoms with E-state index >= 15 is 0 Å². The molecule has 0 unspecified atom stereocenters. The van der Waals surface area contributed by atoms with Gasteiger partial charge in [0.05, 0.1) is 0 Å². The van der Waals surface area contributed by atoms with Crippen molar-refractivity contribution in [1.29, 1.82) is 0 Å². The van der Waals surface area contributed by atoms with Crippen molar-refractivity contribution in [2.45, 2.75) is 62.9 Å². The van der Waals surface area contributed by atoms with Gasteiger partial charge in [-0.1, -0.05) is 12.8 Å². The van der Waals surface area contributed by atoms with E-state index in [9.17, 15) is 0 Å². The van der Waals surface area contributed by atoms with Crippen LogP contribution in [0.15, 0.2) is 12.3 Å². The highest BCUT2D eigenvalue weighted by Crippen LogP contribution is 2.36. The number of nitrogens with zero attached hydrogens (tertiary/aromatic N) is 4. The summed E-state index contributed by atoms with van der Waals surface area (Å²) < 4.78 is 0. The Labute approximate surface area is 127 Å². The molecule has 2 atom stereocenters. The Hall–Kier alpha value is -1.16. The number of likely N-dealkylation sites (tertiary alicyclic amines) is 1. The Morgan fingerprint density at radius 3 is 2.71 bits per heavy atom. The van der Waals surface area contributed by atoms with E-state index in [4.69, 9.17) is 4.98 Å². The Balaban J connectivity index is 1.61. The molecule has 0 spiro atoms. The minimum Gasteiger partial charge on any atom is -0.334 e. The molecule has 1 aliphatic carbocycles. The second-order valence-corrected chi connectivity index (χ2v) is 7.11. The van der Waals surface area contributed by atoms with Gasteiger partial charge in [-0.15, -0.1) is 0 Å². The van der Waals surface area contributed by atoms with Crippen molar-refractivity contribution in [3.63, 3.8) is 0 Å². The van der Waals surface area contributed by atoms with Crippen molar-refractivity contribution in [3.05, 3.63) is 18.0 Å². The zero-order chi connectivity index (χ0) is 14.2. The van der Waals surface area contributed by atoms with Crippen LogP contribution in [0.3, 0.4) is 0 Å². The fourth-order valence-electron chi connectivity index (χ4n) is 4.51.